The molecule has 3 aromatic rings. The molecular weight excluding hydrogens is 448 g/mol. The van der Waals surface area contributed by atoms with Gasteiger partial charge in [-0.25, -0.2) is 8.42 Å². The molecule has 0 spiro atoms. The lowest BCUT2D eigenvalue weighted by Gasteiger charge is -2.28. The Kier molecular flexibility index (Phi) is 6.50. The molecule has 166 valence electrons. The third-order valence-electron chi connectivity index (χ3n) is 5.32. The number of amides is 1. The number of fused-ring (bicyclic) bond motifs is 1. The average Bonchev–Trinajstić information content (AvgIpc) is 2.80. The number of anilines is 1. The smallest absolute Gasteiger partial charge is 0.255 e. The van der Waals surface area contributed by atoms with Gasteiger partial charge in [-0.15, -0.1) is 0 Å². The number of nitrogens with one attached hydrogen (secondary N) is 1. The third-order valence-corrected chi connectivity index (χ3v) is 7.40. The lowest BCUT2D eigenvalue weighted by Crippen LogP contribution is -2.36. The van der Waals surface area contributed by atoms with Crippen LogP contribution in [0.25, 0.3) is 0 Å². The highest BCUT2D eigenvalue weighted by molar-refractivity contribution is 7.89. The van der Waals surface area contributed by atoms with E-state index in [4.69, 9.17) is 16.3 Å². The molecular formula is C24H23ClN2O4S. The van der Waals surface area contributed by atoms with Crippen LogP contribution in [-0.2, 0) is 23.0 Å². The van der Waals surface area contributed by atoms with Gasteiger partial charge < -0.3 is 10.1 Å². The molecule has 3 aromatic carbocycles. The summed E-state index contributed by atoms with van der Waals surface area (Å²) in [4.78, 5) is 12.8. The Labute approximate surface area is 192 Å². The van der Waals surface area contributed by atoms with E-state index >= 15 is 0 Å². The Balaban J connectivity index is 1.64. The van der Waals surface area contributed by atoms with E-state index in [-0.39, 0.29) is 10.6 Å². The highest BCUT2D eigenvalue weighted by Crippen LogP contribution is 2.31. The Morgan fingerprint density at radius 3 is 2.59 bits per heavy atom. The maximum atomic E-state index is 13.4. The second-order valence-electron chi connectivity index (χ2n) is 7.41. The van der Waals surface area contributed by atoms with Gasteiger partial charge in [0.2, 0.25) is 10.0 Å². The van der Waals surface area contributed by atoms with Crippen molar-refractivity contribution in [2.75, 3.05) is 18.5 Å². The van der Waals surface area contributed by atoms with Crippen molar-refractivity contribution in [3.63, 3.8) is 0 Å². The van der Waals surface area contributed by atoms with Crippen LogP contribution >= 0.6 is 11.6 Å². The number of rotatable bonds is 6. The zero-order chi connectivity index (χ0) is 22.7. The monoisotopic (exact) mass is 470 g/mol. The molecule has 1 aliphatic heterocycles. The van der Waals surface area contributed by atoms with Crippen molar-refractivity contribution in [1.29, 1.82) is 0 Å². The van der Waals surface area contributed by atoms with Crippen LogP contribution in [0.4, 0.5) is 5.69 Å². The first-order valence-electron chi connectivity index (χ1n) is 10.3. The number of sulfonamides is 1. The molecule has 8 heteroatoms. The molecule has 1 N–H and O–H groups in total. The molecule has 0 radical (unpaired) electrons. The predicted octanol–water partition coefficient (Wildman–Crippen LogP) is 4.74. The van der Waals surface area contributed by atoms with Gasteiger partial charge in [0.25, 0.3) is 5.91 Å². The molecule has 4 rings (SSSR count). The third kappa shape index (κ3) is 4.65. The zero-order valence-electron chi connectivity index (χ0n) is 17.5. The van der Waals surface area contributed by atoms with Gasteiger partial charge >= 0.3 is 0 Å². The number of benzene rings is 3. The van der Waals surface area contributed by atoms with Crippen molar-refractivity contribution < 1.29 is 17.9 Å². The van der Waals surface area contributed by atoms with E-state index in [1.165, 1.54) is 22.0 Å². The fourth-order valence-electron chi connectivity index (χ4n) is 3.70. The van der Waals surface area contributed by atoms with E-state index in [2.05, 4.69) is 5.32 Å². The SMILES string of the molecule is CCOc1ccc(S(=O)(=O)N2CCc3ccccc3C2)cc1NC(=O)c1cccc(Cl)c1. The molecule has 0 atom stereocenters. The summed E-state index contributed by atoms with van der Waals surface area (Å²) in [5.41, 5.74) is 2.82. The van der Waals surface area contributed by atoms with Crippen LogP contribution in [0.5, 0.6) is 5.75 Å². The largest absolute Gasteiger partial charge is 0.492 e. The summed E-state index contributed by atoms with van der Waals surface area (Å²) in [6.07, 6.45) is 0.658. The van der Waals surface area contributed by atoms with Gasteiger partial charge in [0.15, 0.2) is 0 Å². The molecule has 1 heterocycles. The van der Waals surface area contributed by atoms with E-state index in [1.54, 1.807) is 30.3 Å². The second kappa shape index (κ2) is 9.32. The number of ether oxygens (including phenoxy) is 1. The van der Waals surface area contributed by atoms with Crippen LogP contribution in [0.3, 0.4) is 0 Å². The van der Waals surface area contributed by atoms with Gasteiger partial charge in [0, 0.05) is 23.7 Å². The van der Waals surface area contributed by atoms with Gasteiger partial charge in [0.05, 0.1) is 17.2 Å². The Morgan fingerprint density at radius 2 is 1.84 bits per heavy atom. The van der Waals surface area contributed by atoms with Crippen molar-refractivity contribution in [3.8, 4) is 5.75 Å². The molecule has 1 amide bonds. The number of hydrogen-bond donors (Lipinski definition) is 1. The highest BCUT2D eigenvalue weighted by atomic mass is 35.5. The summed E-state index contributed by atoms with van der Waals surface area (Å²) in [6, 6.07) is 18.9. The first kappa shape index (κ1) is 22.3. The minimum absolute atomic E-state index is 0.0988. The van der Waals surface area contributed by atoms with Crippen LogP contribution < -0.4 is 10.1 Å². The van der Waals surface area contributed by atoms with E-state index in [1.807, 2.05) is 31.2 Å². The lowest BCUT2D eigenvalue weighted by molar-refractivity contribution is 0.102. The van der Waals surface area contributed by atoms with Crippen LogP contribution in [0.2, 0.25) is 5.02 Å². The van der Waals surface area contributed by atoms with Crippen LogP contribution in [-0.4, -0.2) is 31.8 Å². The predicted molar refractivity (Wildman–Crippen MR) is 125 cm³/mol. The molecule has 0 unspecified atom stereocenters. The molecule has 0 aromatic heterocycles. The second-order valence-corrected chi connectivity index (χ2v) is 9.79. The minimum atomic E-state index is -3.76. The van der Waals surface area contributed by atoms with Gasteiger partial charge in [-0.3, -0.25) is 4.79 Å². The number of nitrogens with zero attached hydrogens (tertiary/aromatic N) is 1. The highest BCUT2D eigenvalue weighted by Gasteiger charge is 2.29. The number of carbonyl (C=O) groups excluding carboxylic acids is 1. The fraction of sp³-hybridized carbons (Fsp3) is 0.208. The summed E-state index contributed by atoms with van der Waals surface area (Å²) >= 11 is 5.99. The molecule has 6 nitrogen and oxygen atoms in total. The van der Waals surface area contributed by atoms with Crippen LogP contribution in [0, 0.1) is 0 Å². The molecule has 0 saturated carbocycles. The average molecular weight is 471 g/mol. The minimum Gasteiger partial charge on any atom is -0.492 e. The summed E-state index contributed by atoms with van der Waals surface area (Å²) in [5, 5.41) is 3.20. The first-order valence-corrected chi connectivity index (χ1v) is 12.1. The van der Waals surface area contributed by atoms with E-state index in [0.29, 0.717) is 42.5 Å². The van der Waals surface area contributed by atoms with E-state index < -0.39 is 15.9 Å². The zero-order valence-corrected chi connectivity index (χ0v) is 19.1. The molecule has 0 aliphatic carbocycles. The van der Waals surface area contributed by atoms with Crippen LogP contribution in [0.15, 0.2) is 71.6 Å². The van der Waals surface area contributed by atoms with Gasteiger partial charge in [-0.1, -0.05) is 41.9 Å². The lowest BCUT2D eigenvalue weighted by atomic mass is 10.0. The van der Waals surface area contributed by atoms with Crippen molar-refractivity contribution in [1.82, 2.24) is 4.31 Å². The molecule has 1 aliphatic rings. The summed E-state index contributed by atoms with van der Waals surface area (Å²) in [7, 11) is -3.76. The van der Waals surface area contributed by atoms with Crippen molar-refractivity contribution in [2.45, 2.75) is 24.8 Å². The topological polar surface area (TPSA) is 75.7 Å². The van der Waals surface area contributed by atoms with Gasteiger partial charge in [-0.2, -0.15) is 4.31 Å². The Morgan fingerprint density at radius 1 is 1.06 bits per heavy atom. The first-order chi connectivity index (χ1) is 15.4. The molecule has 0 bridgehead atoms. The maximum absolute atomic E-state index is 13.4. The normalized spacial score (nSPS) is 13.9. The number of carbonyl (C=O) groups is 1. The summed E-state index contributed by atoms with van der Waals surface area (Å²) in [6.45, 7) is 2.90. The van der Waals surface area contributed by atoms with Gasteiger partial charge in [-0.05, 0) is 60.9 Å². The summed E-state index contributed by atoms with van der Waals surface area (Å²) < 4.78 is 33.8. The molecule has 0 saturated heterocycles. The molecule has 0 fully saturated rings. The van der Waals surface area contributed by atoms with E-state index in [0.717, 1.165) is 5.56 Å². The quantitative estimate of drug-likeness (QED) is 0.564. The van der Waals surface area contributed by atoms with Crippen molar-refractivity contribution in [3.05, 3.63) is 88.4 Å². The van der Waals surface area contributed by atoms with Crippen molar-refractivity contribution >= 4 is 33.2 Å². The number of halogens is 1. The maximum Gasteiger partial charge on any atom is 0.255 e. The van der Waals surface area contributed by atoms with Crippen molar-refractivity contribution in [2.24, 2.45) is 0 Å². The summed E-state index contributed by atoms with van der Waals surface area (Å²) in [5.74, 6) is -0.0132. The van der Waals surface area contributed by atoms with Crippen LogP contribution in [0.1, 0.15) is 28.4 Å². The Hall–Kier alpha value is -2.87. The Bertz CT molecular complexity index is 1260. The van der Waals surface area contributed by atoms with E-state index in [9.17, 15) is 13.2 Å². The number of hydrogen-bond acceptors (Lipinski definition) is 4. The fourth-order valence-corrected chi connectivity index (χ4v) is 5.33. The standard InChI is InChI=1S/C24H23ClN2O4S/c1-2-31-23-11-10-21(15-22(23)26-24(28)18-8-5-9-20(25)14-18)32(29,30)27-13-12-17-6-3-4-7-19(17)16-27/h3-11,14-15H,2,12-13,16H2,1H3,(H,26,28). The van der Waals surface area contributed by atoms with Gasteiger partial charge in [0.1, 0.15) is 5.75 Å². The molecule has 32 heavy (non-hydrogen) atoms.